The highest BCUT2D eigenvalue weighted by Crippen LogP contribution is 2.22. The topological polar surface area (TPSA) is 66.6 Å². The molecule has 0 aromatic carbocycles. The van der Waals surface area contributed by atoms with Crippen molar-refractivity contribution in [3.05, 3.63) is 39.9 Å². The van der Waals surface area contributed by atoms with Crippen LogP contribution in [0.1, 0.15) is 30.1 Å². The van der Waals surface area contributed by atoms with Crippen LogP contribution in [0.15, 0.2) is 17.4 Å². The number of rotatable bonds is 3. The molecular weight excluding hydrogens is 202 g/mol. The normalized spacial score (nSPS) is 14.1. The van der Waals surface area contributed by atoms with Gasteiger partial charge in [0.2, 0.25) is 0 Å². The summed E-state index contributed by atoms with van der Waals surface area (Å²) in [4.78, 5) is 7.30. The van der Waals surface area contributed by atoms with Gasteiger partial charge >= 0.3 is 0 Å². The van der Waals surface area contributed by atoms with Crippen LogP contribution in [-0.4, -0.2) is 9.55 Å². The standard InChI is InChI=1S/C11H15N5/c1-8(14-15-12)7-16-9(2)13-10-5-3-4-6-11(10)16/h1,3-7H2,2H3. The third-order valence-electron chi connectivity index (χ3n) is 2.95. The van der Waals surface area contributed by atoms with E-state index in [-0.39, 0.29) is 0 Å². The molecule has 1 heterocycles. The average Bonchev–Trinajstić information content (AvgIpc) is 2.56. The van der Waals surface area contributed by atoms with Crippen LogP contribution >= 0.6 is 0 Å². The van der Waals surface area contributed by atoms with E-state index in [9.17, 15) is 0 Å². The van der Waals surface area contributed by atoms with E-state index in [1.807, 2.05) is 6.92 Å². The van der Waals surface area contributed by atoms with Crippen LogP contribution in [0.2, 0.25) is 0 Å². The van der Waals surface area contributed by atoms with Gasteiger partial charge in [0.15, 0.2) is 0 Å². The first-order valence-electron chi connectivity index (χ1n) is 5.50. The average molecular weight is 217 g/mol. The summed E-state index contributed by atoms with van der Waals surface area (Å²) in [5.74, 6) is 0.987. The van der Waals surface area contributed by atoms with Crippen molar-refractivity contribution in [1.29, 1.82) is 0 Å². The minimum Gasteiger partial charge on any atom is -0.328 e. The lowest BCUT2D eigenvalue weighted by Crippen LogP contribution is -2.10. The molecule has 0 atom stereocenters. The maximum atomic E-state index is 8.35. The van der Waals surface area contributed by atoms with Crippen molar-refractivity contribution in [2.45, 2.75) is 39.2 Å². The summed E-state index contributed by atoms with van der Waals surface area (Å²) in [6.45, 7) is 6.28. The van der Waals surface area contributed by atoms with Gasteiger partial charge in [0.1, 0.15) is 5.82 Å². The van der Waals surface area contributed by atoms with Crippen LogP contribution < -0.4 is 0 Å². The van der Waals surface area contributed by atoms with Gasteiger partial charge in [-0.25, -0.2) is 4.98 Å². The fourth-order valence-electron chi connectivity index (χ4n) is 2.22. The van der Waals surface area contributed by atoms with Crippen molar-refractivity contribution in [2.75, 3.05) is 0 Å². The van der Waals surface area contributed by atoms with Gasteiger partial charge in [-0.3, -0.25) is 0 Å². The Morgan fingerprint density at radius 2 is 2.31 bits per heavy atom. The molecule has 1 aliphatic rings. The molecule has 0 saturated carbocycles. The Bertz CT molecular complexity index is 465. The maximum Gasteiger partial charge on any atom is 0.106 e. The van der Waals surface area contributed by atoms with Crippen molar-refractivity contribution in [2.24, 2.45) is 5.11 Å². The summed E-state index contributed by atoms with van der Waals surface area (Å²) in [5.41, 5.74) is 11.4. The van der Waals surface area contributed by atoms with E-state index in [0.717, 1.165) is 18.7 Å². The van der Waals surface area contributed by atoms with Gasteiger partial charge in [-0.05, 0) is 38.1 Å². The molecule has 1 aromatic rings. The summed E-state index contributed by atoms with van der Waals surface area (Å²) < 4.78 is 2.12. The fraction of sp³-hybridized carbons (Fsp3) is 0.545. The van der Waals surface area contributed by atoms with Crippen molar-refractivity contribution in [1.82, 2.24) is 9.55 Å². The zero-order chi connectivity index (χ0) is 11.5. The summed E-state index contributed by atoms with van der Waals surface area (Å²) >= 11 is 0. The third-order valence-corrected chi connectivity index (χ3v) is 2.95. The minimum atomic E-state index is 0.538. The SMILES string of the molecule is C=C(Cn1c(C)nc2c1CCCC2)N=[N+]=[N-]. The number of hydrogen-bond acceptors (Lipinski definition) is 2. The van der Waals surface area contributed by atoms with Crippen LogP contribution in [0, 0.1) is 6.92 Å². The Kier molecular flexibility index (Phi) is 2.97. The van der Waals surface area contributed by atoms with Crippen molar-refractivity contribution in [3.63, 3.8) is 0 Å². The molecule has 0 radical (unpaired) electrons. The zero-order valence-electron chi connectivity index (χ0n) is 9.48. The highest BCUT2D eigenvalue weighted by Gasteiger charge is 2.17. The predicted molar refractivity (Wildman–Crippen MR) is 61.9 cm³/mol. The molecule has 0 amide bonds. The number of hydrogen-bond donors (Lipinski definition) is 0. The summed E-state index contributed by atoms with van der Waals surface area (Å²) in [5, 5.41) is 3.53. The number of aryl methyl sites for hydroxylation is 2. The highest BCUT2D eigenvalue weighted by atomic mass is 15.2. The Labute approximate surface area is 94.4 Å². The Morgan fingerprint density at radius 1 is 1.56 bits per heavy atom. The van der Waals surface area contributed by atoms with Crippen molar-refractivity contribution >= 4 is 0 Å². The molecular formula is C11H15N5. The van der Waals surface area contributed by atoms with E-state index < -0.39 is 0 Å². The van der Waals surface area contributed by atoms with E-state index in [0.29, 0.717) is 12.2 Å². The van der Waals surface area contributed by atoms with Crippen LogP contribution in [0.4, 0.5) is 0 Å². The molecule has 1 aromatic heterocycles. The number of azide groups is 1. The summed E-state index contributed by atoms with van der Waals surface area (Å²) in [6.07, 6.45) is 4.57. The molecule has 0 bridgehead atoms. The molecule has 0 saturated heterocycles. The smallest absolute Gasteiger partial charge is 0.106 e. The monoisotopic (exact) mass is 217 g/mol. The fourth-order valence-corrected chi connectivity index (χ4v) is 2.22. The van der Waals surface area contributed by atoms with Gasteiger partial charge in [0.05, 0.1) is 12.2 Å². The first-order chi connectivity index (χ1) is 7.72. The van der Waals surface area contributed by atoms with E-state index in [2.05, 4.69) is 26.2 Å². The quantitative estimate of drug-likeness (QED) is 0.436. The van der Waals surface area contributed by atoms with Crippen LogP contribution in [0.5, 0.6) is 0 Å². The lowest BCUT2D eigenvalue weighted by molar-refractivity contribution is 0.620. The highest BCUT2D eigenvalue weighted by molar-refractivity contribution is 5.21. The van der Waals surface area contributed by atoms with Gasteiger partial charge < -0.3 is 4.57 Å². The largest absolute Gasteiger partial charge is 0.328 e. The summed E-state index contributed by atoms with van der Waals surface area (Å²) in [6, 6.07) is 0. The van der Waals surface area contributed by atoms with E-state index in [1.54, 1.807) is 0 Å². The van der Waals surface area contributed by atoms with E-state index in [1.165, 1.54) is 24.2 Å². The third kappa shape index (κ3) is 1.95. The number of aromatic nitrogens is 2. The lowest BCUT2D eigenvalue weighted by atomic mass is 10.0. The molecule has 5 nitrogen and oxygen atoms in total. The van der Waals surface area contributed by atoms with Gasteiger partial charge in [-0.15, -0.1) is 0 Å². The molecule has 2 rings (SSSR count). The van der Waals surface area contributed by atoms with Gasteiger partial charge in [0.25, 0.3) is 0 Å². The predicted octanol–water partition coefficient (Wildman–Crippen LogP) is 2.89. The number of fused-ring (bicyclic) bond motifs is 1. The molecule has 84 valence electrons. The Hall–Kier alpha value is -1.74. The second-order valence-corrected chi connectivity index (χ2v) is 4.10. The molecule has 0 fully saturated rings. The first-order valence-corrected chi connectivity index (χ1v) is 5.50. The molecule has 1 aliphatic carbocycles. The molecule has 5 heteroatoms. The van der Waals surface area contributed by atoms with Crippen LogP contribution in [0.3, 0.4) is 0 Å². The molecule has 0 aliphatic heterocycles. The summed E-state index contributed by atoms with van der Waals surface area (Å²) in [7, 11) is 0. The van der Waals surface area contributed by atoms with Crippen LogP contribution in [-0.2, 0) is 19.4 Å². The maximum absolute atomic E-state index is 8.35. The minimum absolute atomic E-state index is 0.538. The molecule has 0 spiro atoms. The molecule has 0 unspecified atom stereocenters. The van der Waals surface area contributed by atoms with Crippen LogP contribution in [0.25, 0.3) is 10.4 Å². The molecule has 16 heavy (non-hydrogen) atoms. The van der Waals surface area contributed by atoms with Crippen molar-refractivity contribution < 1.29 is 0 Å². The van der Waals surface area contributed by atoms with Gasteiger partial charge in [-0.2, -0.15) is 0 Å². The number of allylic oxidation sites excluding steroid dienone is 1. The number of imidazole rings is 1. The molecule has 0 N–H and O–H groups in total. The second-order valence-electron chi connectivity index (χ2n) is 4.10. The Morgan fingerprint density at radius 3 is 3.06 bits per heavy atom. The number of nitrogens with zero attached hydrogens (tertiary/aromatic N) is 5. The lowest BCUT2D eigenvalue weighted by Gasteiger charge is -2.14. The van der Waals surface area contributed by atoms with Crippen molar-refractivity contribution in [3.8, 4) is 0 Å². The second kappa shape index (κ2) is 4.41. The van der Waals surface area contributed by atoms with E-state index in [4.69, 9.17) is 5.53 Å². The Balaban J connectivity index is 2.29. The van der Waals surface area contributed by atoms with Gasteiger partial charge in [-0.1, -0.05) is 11.7 Å². The first kappa shape index (κ1) is 10.8. The van der Waals surface area contributed by atoms with Gasteiger partial charge in [0, 0.05) is 16.3 Å². The van der Waals surface area contributed by atoms with E-state index >= 15 is 0 Å². The zero-order valence-corrected chi connectivity index (χ0v) is 9.48.